The van der Waals surface area contributed by atoms with Crippen LogP contribution in [0.2, 0.25) is 0 Å². The van der Waals surface area contributed by atoms with Gasteiger partial charge in [-0.05, 0) is 40.9 Å². The maximum absolute atomic E-state index is 12.7. The molecule has 7 heteroatoms. The fraction of sp³-hybridized carbons (Fsp3) is 0.364. The summed E-state index contributed by atoms with van der Waals surface area (Å²) < 4.78 is 37.9. The van der Waals surface area contributed by atoms with E-state index in [-0.39, 0.29) is 15.8 Å². The molecule has 96 valence electrons. The largest absolute Gasteiger partial charge is 0.506 e. The fourth-order valence-electron chi connectivity index (χ4n) is 1.76. The lowest BCUT2D eigenvalue weighted by molar-refractivity contribution is -0.137. The molecule has 1 aliphatic rings. The van der Waals surface area contributed by atoms with Gasteiger partial charge in [-0.3, -0.25) is 0 Å². The van der Waals surface area contributed by atoms with Crippen molar-refractivity contribution in [2.24, 2.45) is 4.99 Å². The number of rotatable bonds is 2. The van der Waals surface area contributed by atoms with Gasteiger partial charge in [0.1, 0.15) is 11.3 Å². The quantitative estimate of drug-likeness (QED) is 0.669. The van der Waals surface area contributed by atoms with E-state index < -0.39 is 17.3 Å². The molecule has 0 aromatic heterocycles. The van der Waals surface area contributed by atoms with Gasteiger partial charge in [-0.15, -0.1) is 0 Å². The Morgan fingerprint density at radius 3 is 2.44 bits per heavy atom. The first kappa shape index (κ1) is 13.1. The van der Waals surface area contributed by atoms with E-state index in [0.29, 0.717) is 12.8 Å². The van der Waals surface area contributed by atoms with E-state index in [1.165, 1.54) is 6.08 Å². The van der Waals surface area contributed by atoms with Crippen molar-refractivity contribution >= 4 is 22.0 Å². The molecule has 1 aromatic rings. The third kappa shape index (κ3) is 2.15. The van der Waals surface area contributed by atoms with Gasteiger partial charge in [0.2, 0.25) is 6.08 Å². The van der Waals surface area contributed by atoms with Crippen molar-refractivity contribution < 1.29 is 23.1 Å². The van der Waals surface area contributed by atoms with Crippen LogP contribution in [0.4, 0.5) is 13.2 Å². The monoisotopic (exact) mass is 321 g/mol. The predicted molar refractivity (Wildman–Crippen MR) is 59.8 cm³/mol. The molecule has 0 spiro atoms. The minimum atomic E-state index is -4.52. The van der Waals surface area contributed by atoms with Gasteiger partial charge in [0.15, 0.2) is 0 Å². The lowest BCUT2D eigenvalue weighted by Gasteiger charge is -2.15. The first-order valence-electron chi connectivity index (χ1n) is 4.99. The molecule has 0 aliphatic heterocycles. The molecule has 0 unspecified atom stereocenters. The molecule has 0 atom stereocenters. The summed E-state index contributed by atoms with van der Waals surface area (Å²) in [7, 11) is 0. The van der Waals surface area contributed by atoms with Crippen LogP contribution in [0, 0.1) is 0 Å². The molecule has 0 saturated heterocycles. The average molecular weight is 322 g/mol. The third-order valence-electron chi connectivity index (χ3n) is 2.88. The summed E-state index contributed by atoms with van der Waals surface area (Å²) in [5.74, 6) is -0.320. The number of aromatic hydroxyl groups is 1. The molecule has 1 aliphatic carbocycles. The van der Waals surface area contributed by atoms with Crippen molar-refractivity contribution in [3.63, 3.8) is 0 Å². The molecule has 0 radical (unpaired) electrons. The minimum Gasteiger partial charge on any atom is -0.506 e. The molecular formula is C11H7BrF3NO2. The zero-order valence-corrected chi connectivity index (χ0v) is 10.5. The second-order valence-corrected chi connectivity index (χ2v) is 4.94. The Kier molecular flexibility index (Phi) is 2.99. The highest BCUT2D eigenvalue weighted by Crippen LogP contribution is 2.54. The number of carbonyl (C=O) groups excluding carboxylic acids is 1. The van der Waals surface area contributed by atoms with E-state index in [9.17, 15) is 23.1 Å². The van der Waals surface area contributed by atoms with Crippen LogP contribution >= 0.6 is 15.9 Å². The Morgan fingerprint density at radius 2 is 2.00 bits per heavy atom. The maximum atomic E-state index is 12.7. The lowest BCUT2D eigenvalue weighted by Crippen LogP contribution is -2.10. The lowest BCUT2D eigenvalue weighted by atomic mass is 10.0. The molecule has 1 fully saturated rings. The van der Waals surface area contributed by atoms with Gasteiger partial charge in [0.05, 0.1) is 10.0 Å². The van der Waals surface area contributed by atoms with Crippen LogP contribution in [-0.4, -0.2) is 11.2 Å². The summed E-state index contributed by atoms with van der Waals surface area (Å²) in [4.78, 5) is 13.8. The summed E-state index contributed by atoms with van der Waals surface area (Å²) in [6.07, 6.45) is -2.34. The van der Waals surface area contributed by atoms with Gasteiger partial charge < -0.3 is 5.11 Å². The molecular weight excluding hydrogens is 315 g/mol. The Bertz CT molecular complexity index is 546. The minimum absolute atomic E-state index is 0.00699. The molecule has 1 N–H and O–H groups in total. The Labute approximate surface area is 108 Å². The topological polar surface area (TPSA) is 49.7 Å². The molecule has 1 saturated carbocycles. The van der Waals surface area contributed by atoms with Crippen molar-refractivity contribution in [1.82, 2.24) is 0 Å². The number of alkyl halides is 3. The van der Waals surface area contributed by atoms with Crippen LogP contribution in [0.15, 0.2) is 21.6 Å². The van der Waals surface area contributed by atoms with Gasteiger partial charge in [-0.25, -0.2) is 4.79 Å². The zero-order chi connectivity index (χ0) is 13.6. The van der Waals surface area contributed by atoms with E-state index in [1.807, 2.05) is 0 Å². The first-order valence-corrected chi connectivity index (χ1v) is 5.79. The van der Waals surface area contributed by atoms with E-state index in [0.717, 1.165) is 12.1 Å². The summed E-state index contributed by atoms with van der Waals surface area (Å²) in [6.45, 7) is 0. The van der Waals surface area contributed by atoms with Crippen molar-refractivity contribution in [2.45, 2.75) is 24.6 Å². The van der Waals surface area contributed by atoms with Gasteiger partial charge in [-0.2, -0.15) is 18.2 Å². The van der Waals surface area contributed by atoms with Gasteiger partial charge in [-0.1, -0.05) is 0 Å². The molecule has 3 nitrogen and oxygen atoms in total. The number of phenolic OH excluding ortho intramolecular Hbond substituents is 1. The number of isocyanates is 1. The van der Waals surface area contributed by atoms with Gasteiger partial charge in [0, 0.05) is 5.56 Å². The number of halogens is 4. The maximum Gasteiger partial charge on any atom is 0.416 e. The van der Waals surface area contributed by atoms with Crippen LogP contribution in [0.3, 0.4) is 0 Å². The average Bonchev–Trinajstić information content (AvgIpc) is 3.01. The Morgan fingerprint density at radius 1 is 1.39 bits per heavy atom. The summed E-state index contributed by atoms with van der Waals surface area (Å²) >= 11 is 2.87. The summed E-state index contributed by atoms with van der Waals surface area (Å²) in [5, 5.41) is 9.79. The van der Waals surface area contributed by atoms with Crippen molar-refractivity contribution in [3.8, 4) is 5.75 Å². The second-order valence-electron chi connectivity index (χ2n) is 4.09. The highest BCUT2D eigenvalue weighted by Gasteiger charge is 2.48. The summed E-state index contributed by atoms with van der Waals surface area (Å²) in [5.41, 5.74) is -1.93. The number of hydrogen-bond donors (Lipinski definition) is 1. The van der Waals surface area contributed by atoms with Crippen molar-refractivity contribution in [2.75, 3.05) is 0 Å². The highest BCUT2D eigenvalue weighted by molar-refractivity contribution is 9.10. The number of nitrogens with zero attached hydrogens (tertiary/aromatic N) is 1. The van der Waals surface area contributed by atoms with Crippen molar-refractivity contribution in [1.29, 1.82) is 0 Å². The first-order chi connectivity index (χ1) is 8.30. The molecule has 2 rings (SSSR count). The van der Waals surface area contributed by atoms with Crippen LogP contribution in [-0.2, 0) is 16.5 Å². The Hall–Kier alpha value is -1.33. The molecule has 18 heavy (non-hydrogen) atoms. The van der Waals surface area contributed by atoms with Crippen LogP contribution in [0.5, 0.6) is 5.75 Å². The van der Waals surface area contributed by atoms with Gasteiger partial charge in [0.25, 0.3) is 0 Å². The van der Waals surface area contributed by atoms with Crippen LogP contribution in [0.1, 0.15) is 24.0 Å². The number of aliphatic imine (C=N–C) groups is 1. The number of hydrogen-bond acceptors (Lipinski definition) is 3. The zero-order valence-electron chi connectivity index (χ0n) is 8.88. The summed E-state index contributed by atoms with van der Waals surface area (Å²) in [6, 6.07) is 1.62. The molecule has 0 amide bonds. The van der Waals surface area contributed by atoms with E-state index in [4.69, 9.17) is 0 Å². The second kappa shape index (κ2) is 4.10. The molecule has 0 heterocycles. The standard InChI is InChI=1S/C11H7BrF3NO2/c12-8-4-6(11(13,14)15)3-7(9(8)18)10(1-2-10)16-5-17/h3-4,18H,1-2H2. The smallest absolute Gasteiger partial charge is 0.416 e. The SMILES string of the molecule is O=C=NC1(c2cc(C(F)(F)F)cc(Br)c2O)CC1. The van der Waals surface area contributed by atoms with Gasteiger partial charge >= 0.3 is 6.18 Å². The normalized spacial score (nSPS) is 17.1. The van der Waals surface area contributed by atoms with Crippen LogP contribution in [0.25, 0.3) is 0 Å². The van der Waals surface area contributed by atoms with E-state index in [2.05, 4.69) is 20.9 Å². The fourth-order valence-corrected chi connectivity index (χ4v) is 2.22. The predicted octanol–water partition coefficient (Wildman–Crippen LogP) is 3.50. The molecule has 0 bridgehead atoms. The number of benzene rings is 1. The number of phenols is 1. The van der Waals surface area contributed by atoms with Crippen molar-refractivity contribution in [3.05, 3.63) is 27.7 Å². The van der Waals surface area contributed by atoms with E-state index >= 15 is 0 Å². The highest BCUT2D eigenvalue weighted by atomic mass is 79.9. The van der Waals surface area contributed by atoms with Crippen LogP contribution < -0.4 is 0 Å². The Balaban J connectivity index is 2.61. The van der Waals surface area contributed by atoms with E-state index in [1.54, 1.807) is 0 Å². The molecule has 1 aromatic carbocycles. The third-order valence-corrected chi connectivity index (χ3v) is 3.48.